The number of carbonyl (C=O) groups is 1. The average Bonchev–Trinajstić information content (AvgIpc) is 2.36. The van der Waals surface area contributed by atoms with Gasteiger partial charge in [0.05, 0.1) is 11.1 Å². The lowest BCUT2D eigenvalue weighted by atomic mass is 10.2. The summed E-state index contributed by atoms with van der Waals surface area (Å²) >= 11 is 3.23. The molecule has 0 radical (unpaired) electrons. The van der Waals surface area contributed by atoms with Crippen molar-refractivity contribution in [1.82, 2.24) is 0 Å². The van der Waals surface area contributed by atoms with Crippen molar-refractivity contribution in [3.63, 3.8) is 0 Å². The maximum Gasteiger partial charge on any atom is 0.411 e. The molecule has 0 unspecified atom stereocenters. The summed E-state index contributed by atoms with van der Waals surface area (Å²) in [7, 11) is 0. The monoisotopic (exact) mass is 368 g/mol. The molecule has 116 valence electrons. The second kappa shape index (κ2) is 8.04. The van der Waals surface area contributed by atoms with E-state index in [1.54, 1.807) is 18.2 Å². The number of carboxylic acids is 1. The highest BCUT2D eigenvalue weighted by atomic mass is 79.9. The first kappa shape index (κ1) is 17.5. The van der Waals surface area contributed by atoms with Crippen LogP contribution in [0, 0.1) is 0 Å². The number of halogens is 4. The molecule has 1 aromatic rings. The lowest BCUT2D eigenvalue weighted by Gasteiger charge is -2.12. The molecule has 0 saturated heterocycles. The second-order valence-corrected chi connectivity index (χ2v) is 4.70. The Morgan fingerprint density at radius 2 is 2.05 bits per heavy atom. The van der Waals surface area contributed by atoms with Crippen molar-refractivity contribution in [2.75, 3.05) is 19.8 Å². The van der Waals surface area contributed by atoms with Crippen LogP contribution in [0.4, 0.5) is 13.2 Å². The van der Waals surface area contributed by atoms with E-state index in [4.69, 9.17) is 9.84 Å². The summed E-state index contributed by atoms with van der Waals surface area (Å²) in [4.78, 5) is 10.5. The van der Waals surface area contributed by atoms with E-state index in [1.165, 1.54) is 6.08 Å². The number of hydrogen-bond donors (Lipinski definition) is 1. The molecular weight excluding hydrogens is 357 g/mol. The van der Waals surface area contributed by atoms with Gasteiger partial charge in [0.25, 0.3) is 0 Å². The SMILES string of the molecule is O=C(O)C=Cc1cccc(Br)c1OCCOCC(F)(F)F. The highest BCUT2D eigenvalue weighted by molar-refractivity contribution is 9.10. The molecule has 4 nitrogen and oxygen atoms in total. The number of benzene rings is 1. The zero-order valence-electron chi connectivity index (χ0n) is 10.7. The molecule has 1 rings (SSSR count). The van der Waals surface area contributed by atoms with Gasteiger partial charge in [-0.25, -0.2) is 4.79 Å². The molecule has 1 aromatic carbocycles. The zero-order chi connectivity index (χ0) is 15.9. The van der Waals surface area contributed by atoms with E-state index < -0.39 is 18.8 Å². The van der Waals surface area contributed by atoms with Gasteiger partial charge >= 0.3 is 12.1 Å². The Morgan fingerprint density at radius 3 is 2.67 bits per heavy atom. The third kappa shape index (κ3) is 7.14. The predicted octanol–water partition coefficient (Wildman–Crippen LogP) is 3.50. The van der Waals surface area contributed by atoms with E-state index in [-0.39, 0.29) is 13.2 Å². The summed E-state index contributed by atoms with van der Waals surface area (Å²) in [5.41, 5.74) is 0.489. The van der Waals surface area contributed by atoms with Crippen LogP contribution >= 0.6 is 15.9 Å². The molecule has 1 N–H and O–H groups in total. The number of hydrogen-bond acceptors (Lipinski definition) is 3. The maximum atomic E-state index is 11.9. The summed E-state index contributed by atoms with van der Waals surface area (Å²) in [6.07, 6.45) is -2.10. The van der Waals surface area contributed by atoms with Gasteiger partial charge in [0, 0.05) is 11.6 Å². The van der Waals surface area contributed by atoms with E-state index in [9.17, 15) is 18.0 Å². The number of carboxylic acid groups (broad SMARTS) is 1. The van der Waals surface area contributed by atoms with E-state index in [0.29, 0.717) is 15.8 Å². The van der Waals surface area contributed by atoms with Crippen molar-refractivity contribution in [3.05, 3.63) is 34.3 Å². The molecule has 0 fully saturated rings. The van der Waals surface area contributed by atoms with Gasteiger partial charge in [-0.3, -0.25) is 0 Å². The first-order valence-corrected chi connectivity index (χ1v) is 6.56. The van der Waals surface area contributed by atoms with Gasteiger partial charge < -0.3 is 14.6 Å². The molecular formula is C13H12BrF3O4. The molecule has 0 spiro atoms. The van der Waals surface area contributed by atoms with Crippen LogP contribution in [0.2, 0.25) is 0 Å². The summed E-state index contributed by atoms with van der Waals surface area (Å²) < 4.78 is 45.9. The number of ether oxygens (including phenoxy) is 2. The molecule has 0 aliphatic carbocycles. The zero-order valence-corrected chi connectivity index (χ0v) is 12.3. The maximum absolute atomic E-state index is 11.9. The van der Waals surface area contributed by atoms with Crippen molar-refractivity contribution in [2.45, 2.75) is 6.18 Å². The first-order valence-electron chi connectivity index (χ1n) is 5.76. The molecule has 0 saturated carbocycles. The molecule has 0 aromatic heterocycles. The van der Waals surface area contributed by atoms with Crippen LogP contribution in [0.5, 0.6) is 5.75 Å². The third-order valence-corrected chi connectivity index (χ3v) is 2.77. The Morgan fingerprint density at radius 1 is 1.33 bits per heavy atom. The topological polar surface area (TPSA) is 55.8 Å². The fourth-order valence-electron chi connectivity index (χ4n) is 1.36. The van der Waals surface area contributed by atoms with Gasteiger partial charge in [0.1, 0.15) is 19.0 Å². The predicted molar refractivity (Wildman–Crippen MR) is 73.2 cm³/mol. The number of rotatable bonds is 7. The van der Waals surface area contributed by atoms with Crippen molar-refractivity contribution in [2.24, 2.45) is 0 Å². The van der Waals surface area contributed by atoms with Gasteiger partial charge in [-0.2, -0.15) is 13.2 Å². The summed E-state index contributed by atoms with van der Waals surface area (Å²) in [6.45, 7) is -1.66. The summed E-state index contributed by atoms with van der Waals surface area (Å²) in [5.74, 6) is -0.778. The van der Waals surface area contributed by atoms with Crippen molar-refractivity contribution in [3.8, 4) is 5.75 Å². The van der Waals surface area contributed by atoms with Crippen LogP contribution in [-0.2, 0) is 9.53 Å². The van der Waals surface area contributed by atoms with Crippen molar-refractivity contribution < 1.29 is 32.5 Å². The Labute approximate surface area is 127 Å². The standard InChI is InChI=1S/C13H12BrF3O4/c14-10-3-1-2-9(4-5-11(18)19)12(10)21-7-6-20-8-13(15,16)17/h1-5H,6-8H2,(H,18,19). The molecule has 0 bridgehead atoms. The van der Waals surface area contributed by atoms with Gasteiger partial charge in [-0.05, 0) is 28.1 Å². The molecule has 8 heteroatoms. The minimum atomic E-state index is -4.37. The third-order valence-electron chi connectivity index (χ3n) is 2.14. The minimum Gasteiger partial charge on any atom is -0.489 e. The molecule has 21 heavy (non-hydrogen) atoms. The Hall–Kier alpha value is -1.54. The first-order chi connectivity index (χ1) is 9.79. The quantitative estimate of drug-likeness (QED) is 0.591. The lowest BCUT2D eigenvalue weighted by molar-refractivity contribution is -0.175. The van der Waals surface area contributed by atoms with Gasteiger partial charge in [0.15, 0.2) is 0 Å². The van der Waals surface area contributed by atoms with Crippen molar-refractivity contribution >= 4 is 28.0 Å². The fraction of sp³-hybridized carbons (Fsp3) is 0.308. The van der Waals surface area contributed by atoms with E-state index in [0.717, 1.165) is 6.08 Å². The number of aliphatic carboxylic acids is 1. The van der Waals surface area contributed by atoms with E-state index in [2.05, 4.69) is 20.7 Å². The van der Waals surface area contributed by atoms with Crippen LogP contribution in [-0.4, -0.2) is 37.1 Å². The van der Waals surface area contributed by atoms with Crippen LogP contribution in [0.25, 0.3) is 6.08 Å². The van der Waals surface area contributed by atoms with Crippen LogP contribution < -0.4 is 4.74 Å². The van der Waals surface area contributed by atoms with E-state index in [1.807, 2.05) is 0 Å². The molecule has 0 heterocycles. The summed E-state index contributed by atoms with van der Waals surface area (Å²) in [5, 5.41) is 8.59. The number of para-hydroxylation sites is 1. The smallest absolute Gasteiger partial charge is 0.411 e. The fourth-order valence-corrected chi connectivity index (χ4v) is 1.86. The lowest BCUT2D eigenvalue weighted by Crippen LogP contribution is -2.19. The largest absolute Gasteiger partial charge is 0.489 e. The van der Waals surface area contributed by atoms with Gasteiger partial charge in [-0.1, -0.05) is 12.1 Å². The summed E-state index contributed by atoms with van der Waals surface area (Å²) in [6, 6.07) is 4.97. The molecule has 0 aliphatic heterocycles. The Bertz CT molecular complexity index is 515. The molecule has 0 aliphatic rings. The second-order valence-electron chi connectivity index (χ2n) is 3.85. The van der Waals surface area contributed by atoms with Crippen molar-refractivity contribution in [1.29, 1.82) is 0 Å². The Balaban J connectivity index is 2.59. The molecule has 0 atom stereocenters. The normalized spacial score (nSPS) is 11.8. The van der Waals surface area contributed by atoms with Crippen LogP contribution in [0.15, 0.2) is 28.7 Å². The molecule has 0 amide bonds. The van der Waals surface area contributed by atoms with Crippen LogP contribution in [0.1, 0.15) is 5.56 Å². The van der Waals surface area contributed by atoms with Gasteiger partial charge in [0.2, 0.25) is 0 Å². The minimum absolute atomic E-state index is 0.0907. The van der Waals surface area contributed by atoms with Crippen LogP contribution in [0.3, 0.4) is 0 Å². The highest BCUT2D eigenvalue weighted by Gasteiger charge is 2.27. The van der Waals surface area contributed by atoms with Gasteiger partial charge in [-0.15, -0.1) is 0 Å². The Kier molecular flexibility index (Phi) is 6.70. The number of alkyl halides is 3. The highest BCUT2D eigenvalue weighted by Crippen LogP contribution is 2.30. The average molecular weight is 369 g/mol. The van der Waals surface area contributed by atoms with E-state index >= 15 is 0 Å².